The van der Waals surface area contributed by atoms with Crippen LogP contribution < -0.4 is 33.2 Å². The average molecular weight is 510 g/mol. The number of rotatable bonds is 14. The van der Waals surface area contributed by atoms with Gasteiger partial charge in [-0.3, -0.25) is 19.4 Å². The number of carboxylic acids is 1. The van der Waals surface area contributed by atoms with Gasteiger partial charge in [0, 0.05) is 13.0 Å². The lowest BCUT2D eigenvalue weighted by atomic mass is 10.0. The third kappa shape index (κ3) is 10.6. The summed E-state index contributed by atoms with van der Waals surface area (Å²) in [6.07, 6.45) is -0.872. The fraction of sp³-hybridized carbons (Fsp3) is 0.500. The molecule has 0 saturated heterocycles. The first-order valence-electron chi connectivity index (χ1n) is 11.2. The first-order chi connectivity index (χ1) is 16.8. The molecular weight excluding hydrogens is 474 g/mol. The number of aliphatic hydroxyl groups excluding tert-OH is 1. The summed E-state index contributed by atoms with van der Waals surface area (Å²) in [6.45, 7) is 2.84. The van der Waals surface area contributed by atoms with Crippen LogP contribution in [-0.2, 0) is 25.6 Å². The molecule has 200 valence electrons. The van der Waals surface area contributed by atoms with Gasteiger partial charge in [0.1, 0.15) is 29.9 Å². The molecule has 0 aromatic heterocycles. The number of carbonyl (C=O) groups is 4. The molecular formula is C22H35N7O7. The van der Waals surface area contributed by atoms with Crippen LogP contribution in [0.4, 0.5) is 0 Å². The maximum Gasteiger partial charge on any atom is 0.326 e. The van der Waals surface area contributed by atoms with Gasteiger partial charge in [0.2, 0.25) is 17.7 Å². The summed E-state index contributed by atoms with van der Waals surface area (Å²) in [5, 5.41) is 35.7. The Morgan fingerprint density at radius 1 is 0.944 bits per heavy atom. The van der Waals surface area contributed by atoms with Gasteiger partial charge < -0.3 is 48.5 Å². The van der Waals surface area contributed by atoms with Crippen molar-refractivity contribution < 1.29 is 34.5 Å². The fourth-order valence-electron chi connectivity index (χ4n) is 3.00. The summed E-state index contributed by atoms with van der Waals surface area (Å²) in [7, 11) is 0. The van der Waals surface area contributed by atoms with E-state index in [2.05, 4.69) is 20.9 Å². The van der Waals surface area contributed by atoms with Crippen molar-refractivity contribution >= 4 is 29.7 Å². The lowest BCUT2D eigenvalue weighted by Gasteiger charge is -2.24. The number of nitrogens with two attached hydrogens (primary N) is 3. The molecule has 1 aromatic carbocycles. The van der Waals surface area contributed by atoms with Gasteiger partial charge in [-0.25, -0.2) is 4.79 Å². The highest BCUT2D eigenvalue weighted by Crippen LogP contribution is 2.12. The zero-order valence-corrected chi connectivity index (χ0v) is 20.2. The molecule has 12 N–H and O–H groups in total. The number of nitrogens with zero attached hydrogens (tertiary/aromatic N) is 1. The standard InChI is InChI=1S/C22H35N7O7/c1-11(27-20(34)17(23)12(2)30)18(32)28-15(4-3-9-26-22(24)25)19(33)29-16(21(35)36)10-13-5-7-14(31)8-6-13/h5-8,11-12,15-17,30-31H,3-4,9-10,23H2,1-2H3,(H,27,34)(H,28,32)(H,29,33)(H,35,36)(H4,24,25,26). The van der Waals surface area contributed by atoms with Crippen LogP contribution in [-0.4, -0.2) is 81.8 Å². The summed E-state index contributed by atoms with van der Waals surface area (Å²) < 4.78 is 0. The van der Waals surface area contributed by atoms with Crippen LogP contribution >= 0.6 is 0 Å². The van der Waals surface area contributed by atoms with E-state index >= 15 is 0 Å². The molecule has 0 heterocycles. The number of carbonyl (C=O) groups excluding carboxylic acids is 3. The minimum absolute atomic E-state index is 0.00817. The molecule has 3 amide bonds. The zero-order valence-electron chi connectivity index (χ0n) is 20.2. The normalized spacial score (nSPS) is 14.9. The second-order valence-electron chi connectivity index (χ2n) is 8.28. The van der Waals surface area contributed by atoms with E-state index in [0.717, 1.165) is 0 Å². The van der Waals surface area contributed by atoms with Crippen molar-refractivity contribution in [2.24, 2.45) is 22.2 Å². The number of benzene rings is 1. The van der Waals surface area contributed by atoms with Gasteiger partial charge in [0.25, 0.3) is 0 Å². The first kappa shape index (κ1) is 30.1. The van der Waals surface area contributed by atoms with E-state index in [4.69, 9.17) is 17.2 Å². The maximum absolute atomic E-state index is 13.0. The number of aliphatic carboxylic acids is 1. The van der Waals surface area contributed by atoms with Crippen LogP contribution in [0.15, 0.2) is 29.3 Å². The number of hydrogen-bond donors (Lipinski definition) is 9. The number of phenolic OH excluding ortho intramolecular Hbond substituents is 1. The van der Waals surface area contributed by atoms with E-state index in [-0.39, 0.29) is 37.5 Å². The van der Waals surface area contributed by atoms with Crippen LogP contribution in [0.5, 0.6) is 5.75 Å². The number of nitrogens with one attached hydrogen (secondary N) is 3. The molecule has 1 aromatic rings. The first-order valence-corrected chi connectivity index (χ1v) is 11.2. The molecule has 36 heavy (non-hydrogen) atoms. The van der Waals surface area contributed by atoms with Crippen molar-refractivity contribution in [3.8, 4) is 5.75 Å². The number of aromatic hydroxyl groups is 1. The highest BCUT2D eigenvalue weighted by atomic mass is 16.4. The molecule has 0 saturated carbocycles. The lowest BCUT2D eigenvalue weighted by Crippen LogP contribution is -2.57. The molecule has 0 aliphatic rings. The Morgan fingerprint density at radius 3 is 2.06 bits per heavy atom. The largest absolute Gasteiger partial charge is 0.508 e. The second-order valence-corrected chi connectivity index (χ2v) is 8.28. The molecule has 0 aliphatic heterocycles. The summed E-state index contributed by atoms with van der Waals surface area (Å²) in [6, 6.07) is 0.975. The van der Waals surface area contributed by atoms with Crippen LogP contribution in [0.1, 0.15) is 32.3 Å². The minimum Gasteiger partial charge on any atom is -0.508 e. The molecule has 0 bridgehead atoms. The Kier molecular flexibility index (Phi) is 12.1. The third-order valence-corrected chi connectivity index (χ3v) is 5.14. The van der Waals surface area contributed by atoms with Crippen LogP contribution in [0.3, 0.4) is 0 Å². The number of aliphatic hydroxyl groups is 1. The summed E-state index contributed by atoms with van der Waals surface area (Å²) in [5.74, 6) is -3.69. The predicted octanol–water partition coefficient (Wildman–Crippen LogP) is -2.74. The van der Waals surface area contributed by atoms with Gasteiger partial charge in [0.05, 0.1) is 6.10 Å². The molecule has 1 rings (SSSR count). The van der Waals surface area contributed by atoms with Crippen molar-refractivity contribution in [1.29, 1.82) is 0 Å². The van der Waals surface area contributed by atoms with Crippen molar-refractivity contribution in [3.05, 3.63) is 29.8 Å². The highest BCUT2D eigenvalue weighted by Gasteiger charge is 2.29. The maximum atomic E-state index is 13.0. The molecule has 0 aliphatic carbocycles. The molecule has 0 fully saturated rings. The Bertz CT molecular complexity index is 933. The number of hydrogen-bond acceptors (Lipinski definition) is 8. The van der Waals surface area contributed by atoms with Gasteiger partial charge in [-0.05, 0) is 44.4 Å². The average Bonchev–Trinajstić information content (AvgIpc) is 2.80. The summed E-state index contributed by atoms with van der Waals surface area (Å²) in [5.41, 5.74) is 16.7. The fourth-order valence-corrected chi connectivity index (χ4v) is 3.00. The van der Waals surface area contributed by atoms with Gasteiger partial charge in [-0.1, -0.05) is 12.1 Å². The number of guanidine groups is 1. The van der Waals surface area contributed by atoms with E-state index in [1.54, 1.807) is 0 Å². The van der Waals surface area contributed by atoms with Gasteiger partial charge in [-0.2, -0.15) is 0 Å². The summed E-state index contributed by atoms with van der Waals surface area (Å²) in [4.78, 5) is 53.2. The van der Waals surface area contributed by atoms with E-state index in [1.165, 1.54) is 38.1 Å². The van der Waals surface area contributed by atoms with Gasteiger partial charge in [0.15, 0.2) is 5.96 Å². The number of aliphatic imine (C=N–C) groups is 1. The van der Waals surface area contributed by atoms with E-state index in [0.29, 0.717) is 5.56 Å². The van der Waals surface area contributed by atoms with Gasteiger partial charge in [-0.15, -0.1) is 0 Å². The van der Waals surface area contributed by atoms with Crippen LogP contribution in [0, 0.1) is 0 Å². The monoisotopic (exact) mass is 509 g/mol. The smallest absolute Gasteiger partial charge is 0.326 e. The number of carboxylic acid groups (broad SMARTS) is 1. The minimum atomic E-state index is -1.32. The Hall–Kier alpha value is -3.91. The van der Waals surface area contributed by atoms with Crippen molar-refractivity contribution in [2.75, 3.05) is 6.54 Å². The predicted molar refractivity (Wildman–Crippen MR) is 130 cm³/mol. The van der Waals surface area contributed by atoms with Crippen LogP contribution in [0.2, 0.25) is 0 Å². The molecule has 14 nitrogen and oxygen atoms in total. The van der Waals surface area contributed by atoms with Crippen LogP contribution in [0.25, 0.3) is 0 Å². The lowest BCUT2D eigenvalue weighted by molar-refractivity contribution is -0.142. The van der Waals surface area contributed by atoms with Crippen molar-refractivity contribution in [2.45, 2.75) is 63.4 Å². The third-order valence-electron chi connectivity index (χ3n) is 5.14. The van der Waals surface area contributed by atoms with E-state index < -0.39 is 54.0 Å². The van der Waals surface area contributed by atoms with E-state index in [1.807, 2.05) is 0 Å². The van der Waals surface area contributed by atoms with Crippen molar-refractivity contribution in [3.63, 3.8) is 0 Å². The molecule has 14 heteroatoms. The Labute approximate surface area is 208 Å². The number of phenols is 1. The summed E-state index contributed by atoms with van der Waals surface area (Å²) >= 11 is 0. The molecule has 0 spiro atoms. The second kappa shape index (κ2) is 14.5. The van der Waals surface area contributed by atoms with E-state index in [9.17, 15) is 34.5 Å². The Morgan fingerprint density at radius 2 is 1.53 bits per heavy atom. The number of amides is 3. The molecule has 5 unspecified atom stereocenters. The Balaban J connectivity index is 2.93. The quantitative estimate of drug-likeness (QED) is 0.0709. The topological polar surface area (TPSA) is 255 Å². The highest BCUT2D eigenvalue weighted by molar-refractivity contribution is 5.94. The molecule has 5 atom stereocenters. The molecule has 0 radical (unpaired) electrons. The zero-order chi connectivity index (χ0) is 27.4. The van der Waals surface area contributed by atoms with Crippen molar-refractivity contribution in [1.82, 2.24) is 16.0 Å². The SMILES string of the molecule is CC(NC(=O)C(N)C(C)O)C(=O)NC(CCCN=C(N)N)C(=O)NC(Cc1ccc(O)cc1)C(=O)O. The van der Waals surface area contributed by atoms with Gasteiger partial charge >= 0.3 is 5.97 Å².